The average Bonchev–Trinajstić information content (AvgIpc) is 3.42. The summed E-state index contributed by atoms with van der Waals surface area (Å²) >= 11 is 0. The van der Waals surface area contributed by atoms with Crippen molar-refractivity contribution in [2.45, 2.75) is 12.6 Å². The number of ether oxygens (including phenoxy) is 1. The largest absolute Gasteiger partial charge is 0.385 e. The van der Waals surface area contributed by atoms with E-state index in [1.165, 1.54) is 0 Å². The zero-order chi connectivity index (χ0) is 28.4. The number of amidine groups is 1. The lowest BCUT2D eigenvalue weighted by Crippen LogP contribution is -2.51. The van der Waals surface area contributed by atoms with Crippen LogP contribution < -0.4 is 16.4 Å². The Morgan fingerprint density at radius 1 is 0.976 bits per heavy atom. The number of anilines is 3. The van der Waals surface area contributed by atoms with Crippen LogP contribution in [-0.2, 0) is 11.3 Å². The molecule has 0 radical (unpaired) electrons. The van der Waals surface area contributed by atoms with Gasteiger partial charge in [-0.05, 0) is 41.5 Å². The molecule has 2 amide bonds. The monoisotopic (exact) mass is 551 g/mol. The third kappa shape index (κ3) is 7.33. The molecular formula is C32H37N7O2. The van der Waals surface area contributed by atoms with E-state index >= 15 is 0 Å². The normalized spacial score (nSPS) is 16.0. The first-order chi connectivity index (χ1) is 20.1. The Hall–Kier alpha value is -4.60. The molecule has 5 N–H and O–H groups in total. The molecule has 0 bridgehead atoms. The number of aromatic nitrogens is 1. The Morgan fingerprint density at radius 3 is 2.44 bits per heavy atom. The van der Waals surface area contributed by atoms with Gasteiger partial charge in [-0.2, -0.15) is 0 Å². The van der Waals surface area contributed by atoms with Crippen LogP contribution in [0.4, 0.5) is 22.0 Å². The van der Waals surface area contributed by atoms with E-state index in [2.05, 4.69) is 48.6 Å². The summed E-state index contributed by atoms with van der Waals surface area (Å²) in [6.45, 7) is 4.33. The maximum absolute atomic E-state index is 12.7. The molecule has 212 valence electrons. The number of urea groups is 1. The van der Waals surface area contributed by atoms with Gasteiger partial charge < -0.3 is 31.0 Å². The zero-order valence-corrected chi connectivity index (χ0v) is 23.3. The number of hydrogen-bond donors (Lipinski definition) is 4. The second-order valence-corrected chi connectivity index (χ2v) is 9.96. The quantitative estimate of drug-likeness (QED) is 0.130. The predicted molar refractivity (Wildman–Crippen MR) is 165 cm³/mol. The van der Waals surface area contributed by atoms with Gasteiger partial charge in [0.25, 0.3) is 0 Å². The molecule has 41 heavy (non-hydrogen) atoms. The zero-order valence-electron chi connectivity index (χ0n) is 23.3. The summed E-state index contributed by atoms with van der Waals surface area (Å²) in [6.07, 6.45) is 1.84. The van der Waals surface area contributed by atoms with Gasteiger partial charge in [0.2, 0.25) is 0 Å². The molecule has 1 aromatic heterocycles. The van der Waals surface area contributed by atoms with Gasteiger partial charge >= 0.3 is 6.03 Å². The summed E-state index contributed by atoms with van der Waals surface area (Å²) in [5, 5.41) is 5.86. The maximum Gasteiger partial charge on any atom is 0.323 e. The van der Waals surface area contributed by atoms with E-state index < -0.39 is 0 Å². The minimum atomic E-state index is -0.284. The van der Waals surface area contributed by atoms with Crippen molar-refractivity contribution in [1.29, 1.82) is 0 Å². The molecule has 2 heterocycles. The van der Waals surface area contributed by atoms with E-state index in [4.69, 9.17) is 10.5 Å². The average molecular weight is 552 g/mol. The summed E-state index contributed by atoms with van der Waals surface area (Å²) in [5.41, 5.74) is 10.8. The van der Waals surface area contributed by atoms with Crippen LogP contribution in [0.1, 0.15) is 22.7 Å². The fourth-order valence-corrected chi connectivity index (χ4v) is 5.19. The minimum absolute atomic E-state index is 0.0555. The lowest BCUT2D eigenvalue weighted by Gasteiger charge is -2.43. The molecule has 9 heteroatoms. The molecule has 9 nitrogen and oxygen atoms in total. The number of H-pyrrole nitrogens is 1. The summed E-state index contributed by atoms with van der Waals surface area (Å²) in [7, 11) is 1.80. The van der Waals surface area contributed by atoms with E-state index in [-0.39, 0.29) is 12.1 Å². The number of amides is 2. The molecule has 3 aromatic carbocycles. The third-order valence-corrected chi connectivity index (χ3v) is 7.22. The van der Waals surface area contributed by atoms with Gasteiger partial charge in [-0.25, -0.2) is 4.79 Å². The van der Waals surface area contributed by atoms with E-state index in [1.807, 2.05) is 79.0 Å². The molecule has 1 saturated heterocycles. The van der Waals surface area contributed by atoms with Gasteiger partial charge in [-0.3, -0.25) is 9.89 Å². The van der Waals surface area contributed by atoms with E-state index in [9.17, 15) is 4.79 Å². The summed E-state index contributed by atoms with van der Waals surface area (Å²) in [6, 6.07) is 29.4. The highest BCUT2D eigenvalue weighted by Crippen LogP contribution is 2.29. The van der Waals surface area contributed by atoms with Crippen LogP contribution in [0.25, 0.3) is 0 Å². The van der Waals surface area contributed by atoms with Crippen LogP contribution in [0.15, 0.2) is 102 Å². The van der Waals surface area contributed by atoms with Crippen LogP contribution in [-0.4, -0.2) is 66.5 Å². The first-order valence-electron chi connectivity index (χ1n) is 13.8. The second kappa shape index (κ2) is 13.6. The Labute approximate surface area is 241 Å². The highest BCUT2D eigenvalue weighted by atomic mass is 16.5. The number of carbonyl (C=O) groups is 1. The van der Waals surface area contributed by atoms with Crippen LogP contribution in [0.3, 0.4) is 0 Å². The van der Waals surface area contributed by atoms with Gasteiger partial charge in [-0.1, -0.05) is 60.7 Å². The van der Waals surface area contributed by atoms with Gasteiger partial charge in [-0.15, -0.1) is 0 Å². The Morgan fingerprint density at radius 2 is 1.71 bits per heavy atom. The molecule has 1 aliphatic rings. The Balaban J connectivity index is 1.31. The number of nitrogens with one attached hydrogen (secondary N) is 3. The highest BCUT2D eigenvalue weighted by Gasteiger charge is 2.31. The number of nitrogen functional groups attached to an aromatic ring is 1. The second-order valence-electron chi connectivity index (χ2n) is 9.96. The number of benzene rings is 3. The van der Waals surface area contributed by atoms with E-state index in [0.29, 0.717) is 19.0 Å². The first kappa shape index (κ1) is 27.9. The molecule has 5 rings (SSSR count). The molecule has 1 atom stereocenters. The van der Waals surface area contributed by atoms with Crippen LogP contribution in [0, 0.1) is 0 Å². The van der Waals surface area contributed by atoms with Crippen LogP contribution in [0.2, 0.25) is 0 Å². The lowest BCUT2D eigenvalue weighted by molar-refractivity contribution is 0.0522. The van der Waals surface area contributed by atoms with Gasteiger partial charge in [0.15, 0.2) is 0 Å². The topological polar surface area (TPSA) is 111 Å². The standard InChI is InChI=1S/C32H37N7O2/c1-34-31(28-15-16-35-30(28)33)39-18-17-38(19-20-41-23-24-9-4-2-5-10-24)29(22-39)25-11-8-14-27(21-25)37-32(40)36-26-12-6-3-7-13-26/h2-16,21,29,35H,17-20,22-23,33H2,1H3,(H2,36,37,40). The summed E-state index contributed by atoms with van der Waals surface area (Å²) in [4.78, 5) is 25.1. The number of nitrogens with two attached hydrogens (primary N) is 1. The molecule has 4 aromatic rings. The Kier molecular flexibility index (Phi) is 9.30. The molecule has 1 fully saturated rings. The van der Waals surface area contributed by atoms with Crippen molar-refractivity contribution < 1.29 is 9.53 Å². The number of hydrogen-bond acceptors (Lipinski definition) is 5. The lowest BCUT2D eigenvalue weighted by atomic mass is 10.0. The van der Waals surface area contributed by atoms with Crippen molar-refractivity contribution in [2.24, 2.45) is 4.99 Å². The maximum atomic E-state index is 12.7. The first-order valence-corrected chi connectivity index (χ1v) is 13.8. The number of rotatable bonds is 9. The molecule has 1 unspecified atom stereocenters. The molecule has 0 aliphatic carbocycles. The van der Waals surface area contributed by atoms with Crippen molar-refractivity contribution in [3.63, 3.8) is 0 Å². The SMILES string of the molecule is CN=C(c1cc[nH]c1N)N1CCN(CCOCc2ccccc2)C(c2cccc(NC(=O)Nc3ccccc3)c2)C1. The van der Waals surface area contributed by atoms with Crippen LogP contribution in [0.5, 0.6) is 0 Å². The predicted octanol–water partition coefficient (Wildman–Crippen LogP) is 5.19. The van der Waals surface area contributed by atoms with Gasteiger partial charge in [0.1, 0.15) is 11.7 Å². The molecule has 0 spiro atoms. The van der Waals surface area contributed by atoms with Crippen molar-refractivity contribution in [2.75, 3.05) is 56.2 Å². The summed E-state index contributed by atoms with van der Waals surface area (Å²) in [5.74, 6) is 1.47. The van der Waals surface area contributed by atoms with Crippen molar-refractivity contribution in [1.82, 2.24) is 14.8 Å². The number of carbonyl (C=O) groups excluding carboxylic acids is 1. The smallest absolute Gasteiger partial charge is 0.323 e. The van der Waals surface area contributed by atoms with Gasteiger partial charge in [0, 0.05) is 50.8 Å². The van der Waals surface area contributed by atoms with Crippen molar-refractivity contribution in [3.05, 3.63) is 114 Å². The van der Waals surface area contributed by atoms with E-state index in [1.54, 1.807) is 7.05 Å². The van der Waals surface area contributed by atoms with Crippen molar-refractivity contribution in [3.8, 4) is 0 Å². The van der Waals surface area contributed by atoms with Gasteiger partial charge in [0.05, 0.1) is 24.8 Å². The number of para-hydroxylation sites is 1. The number of piperazine rings is 1. The van der Waals surface area contributed by atoms with Crippen molar-refractivity contribution >= 4 is 29.1 Å². The highest BCUT2D eigenvalue weighted by molar-refractivity contribution is 6.02. The number of aromatic amines is 1. The number of aliphatic imine (C=N–C) groups is 1. The van der Waals surface area contributed by atoms with Crippen LogP contribution >= 0.6 is 0 Å². The number of nitrogens with zero attached hydrogens (tertiary/aromatic N) is 3. The molecular weight excluding hydrogens is 514 g/mol. The fourth-order valence-electron chi connectivity index (χ4n) is 5.19. The fraction of sp³-hybridized carbons (Fsp3) is 0.250. The molecule has 1 aliphatic heterocycles. The minimum Gasteiger partial charge on any atom is -0.385 e. The summed E-state index contributed by atoms with van der Waals surface area (Å²) < 4.78 is 6.04. The third-order valence-electron chi connectivity index (χ3n) is 7.22. The Bertz CT molecular complexity index is 1440. The molecule has 0 saturated carbocycles. The van der Waals surface area contributed by atoms with E-state index in [0.717, 1.165) is 60.1 Å².